The fraction of sp³-hybridized carbons (Fsp3) is 0.333. The van der Waals surface area contributed by atoms with Crippen molar-refractivity contribution >= 4 is 11.6 Å². The third-order valence-electron chi connectivity index (χ3n) is 4.10. The molecule has 0 spiro atoms. The predicted molar refractivity (Wildman–Crippen MR) is 87.9 cm³/mol. The summed E-state index contributed by atoms with van der Waals surface area (Å²) < 4.78 is 0. The van der Waals surface area contributed by atoms with E-state index in [4.69, 9.17) is 0 Å². The molecule has 2 aromatic rings. The highest BCUT2D eigenvalue weighted by Crippen LogP contribution is 2.18. The van der Waals surface area contributed by atoms with Crippen LogP contribution in [0.3, 0.4) is 0 Å². The Hall–Kier alpha value is -2.36. The van der Waals surface area contributed by atoms with Gasteiger partial charge in [0.15, 0.2) is 0 Å². The van der Waals surface area contributed by atoms with E-state index in [1.807, 2.05) is 17.0 Å². The van der Waals surface area contributed by atoms with Gasteiger partial charge in [0.05, 0.1) is 6.42 Å². The van der Waals surface area contributed by atoms with Crippen molar-refractivity contribution < 1.29 is 4.79 Å². The number of aromatic nitrogens is 1. The maximum absolute atomic E-state index is 12.4. The van der Waals surface area contributed by atoms with Gasteiger partial charge < -0.3 is 9.80 Å². The Morgan fingerprint density at radius 3 is 2.50 bits per heavy atom. The Morgan fingerprint density at radius 2 is 1.82 bits per heavy atom. The molecule has 0 N–H and O–H groups in total. The summed E-state index contributed by atoms with van der Waals surface area (Å²) in [6.45, 7) is 5.48. The number of benzene rings is 1. The fourth-order valence-corrected chi connectivity index (χ4v) is 2.83. The van der Waals surface area contributed by atoms with Gasteiger partial charge in [-0.1, -0.05) is 12.1 Å². The van der Waals surface area contributed by atoms with E-state index >= 15 is 0 Å². The maximum atomic E-state index is 12.4. The molecule has 0 unspecified atom stereocenters. The van der Waals surface area contributed by atoms with Gasteiger partial charge >= 0.3 is 0 Å². The molecule has 1 fully saturated rings. The van der Waals surface area contributed by atoms with Crippen LogP contribution in [0.25, 0.3) is 0 Å². The quantitative estimate of drug-likeness (QED) is 0.871. The number of rotatable bonds is 3. The fourth-order valence-electron chi connectivity index (χ4n) is 2.83. The number of pyridine rings is 1. The van der Waals surface area contributed by atoms with Gasteiger partial charge in [0.1, 0.15) is 0 Å². The van der Waals surface area contributed by atoms with E-state index in [0.29, 0.717) is 6.42 Å². The van der Waals surface area contributed by atoms with Gasteiger partial charge in [-0.2, -0.15) is 0 Å². The van der Waals surface area contributed by atoms with Gasteiger partial charge in [0, 0.05) is 44.3 Å². The lowest BCUT2D eigenvalue weighted by atomic mass is 10.1. The highest BCUT2D eigenvalue weighted by atomic mass is 16.2. The minimum absolute atomic E-state index is 0.204. The van der Waals surface area contributed by atoms with Crippen molar-refractivity contribution in [2.75, 3.05) is 31.1 Å². The molecule has 1 aliphatic heterocycles. The molecule has 0 aliphatic carbocycles. The molecule has 0 atom stereocenters. The minimum atomic E-state index is 0.204. The SMILES string of the molecule is Cc1cccc(N2CCN(C(=O)Cc3ccncc3)CC2)c1. The lowest BCUT2D eigenvalue weighted by molar-refractivity contribution is -0.130. The molecule has 1 saturated heterocycles. The Kier molecular flexibility index (Phi) is 4.37. The topological polar surface area (TPSA) is 36.4 Å². The van der Waals surface area contributed by atoms with Crippen molar-refractivity contribution in [3.8, 4) is 0 Å². The molecule has 2 heterocycles. The molecule has 22 heavy (non-hydrogen) atoms. The zero-order chi connectivity index (χ0) is 15.4. The number of nitrogens with zero attached hydrogens (tertiary/aromatic N) is 3. The molecule has 0 radical (unpaired) electrons. The van der Waals surface area contributed by atoms with Crippen LogP contribution in [-0.2, 0) is 11.2 Å². The Balaban J connectivity index is 1.56. The molecule has 4 heteroatoms. The largest absolute Gasteiger partial charge is 0.368 e. The molecule has 0 saturated carbocycles. The number of hydrogen-bond donors (Lipinski definition) is 0. The summed E-state index contributed by atoms with van der Waals surface area (Å²) in [5, 5.41) is 0. The number of hydrogen-bond acceptors (Lipinski definition) is 3. The van der Waals surface area contributed by atoms with E-state index in [1.54, 1.807) is 12.4 Å². The van der Waals surface area contributed by atoms with Crippen LogP contribution < -0.4 is 4.90 Å². The first-order valence-electron chi connectivity index (χ1n) is 7.71. The van der Waals surface area contributed by atoms with E-state index in [-0.39, 0.29) is 5.91 Å². The summed E-state index contributed by atoms with van der Waals surface area (Å²) in [5.74, 6) is 0.204. The van der Waals surface area contributed by atoms with E-state index < -0.39 is 0 Å². The summed E-state index contributed by atoms with van der Waals surface area (Å²) in [7, 11) is 0. The lowest BCUT2D eigenvalue weighted by Gasteiger charge is -2.36. The van der Waals surface area contributed by atoms with Gasteiger partial charge in [0.25, 0.3) is 0 Å². The van der Waals surface area contributed by atoms with Gasteiger partial charge in [-0.3, -0.25) is 9.78 Å². The van der Waals surface area contributed by atoms with Crippen molar-refractivity contribution in [2.45, 2.75) is 13.3 Å². The number of aryl methyl sites for hydroxylation is 1. The van der Waals surface area contributed by atoms with E-state index in [9.17, 15) is 4.79 Å². The van der Waals surface area contributed by atoms with Crippen LogP contribution >= 0.6 is 0 Å². The van der Waals surface area contributed by atoms with Crippen molar-refractivity contribution in [1.29, 1.82) is 0 Å². The number of carbonyl (C=O) groups excluding carboxylic acids is 1. The Morgan fingerprint density at radius 1 is 1.09 bits per heavy atom. The van der Waals surface area contributed by atoms with E-state index in [2.05, 4.69) is 41.1 Å². The average Bonchev–Trinajstić information content (AvgIpc) is 2.56. The minimum Gasteiger partial charge on any atom is -0.368 e. The van der Waals surface area contributed by atoms with E-state index in [0.717, 1.165) is 31.7 Å². The molecule has 0 bridgehead atoms. The van der Waals surface area contributed by atoms with Crippen LogP contribution in [0, 0.1) is 6.92 Å². The first-order chi connectivity index (χ1) is 10.7. The Labute approximate surface area is 131 Å². The monoisotopic (exact) mass is 295 g/mol. The van der Waals surface area contributed by atoms with Gasteiger partial charge in [-0.25, -0.2) is 0 Å². The molecular weight excluding hydrogens is 274 g/mol. The first-order valence-corrected chi connectivity index (χ1v) is 7.71. The maximum Gasteiger partial charge on any atom is 0.227 e. The predicted octanol–water partition coefficient (Wildman–Crippen LogP) is 2.28. The molecule has 1 aromatic heterocycles. The normalized spacial score (nSPS) is 15.0. The number of amides is 1. The molecule has 3 rings (SSSR count). The first kappa shape index (κ1) is 14.6. The number of piperazine rings is 1. The highest BCUT2D eigenvalue weighted by molar-refractivity contribution is 5.79. The van der Waals surface area contributed by atoms with Crippen molar-refractivity contribution in [3.63, 3.8) is 0 Å². The smallest absolute Gasteiger partial charge is 0.227 e. The summed E-state index contributed by atoms with van der Waals surface area (Å²) in [6, 6.07) is 12.3. The molecule has 114 valence electrons. The molecular formula is C18H21N3O. The molecule has 1 aliphatic rings. The van der Waals surface area contributed by atoms with Crippen molar-refractivity contribution in [2.24, 2.45) is 0 Å². The average molecular weight is 295 g/mol. The summed E-state index contributed by atoms with van der Waals surface area (Å²) >= 11 is 0. The standard InChI is InChI=1S/C18H21N3O/c1-15-3-2-4-17(13-15)20-9-11-21(12-10-20)18(22)14-16-5-7-19-8-6-16/h2-8,13H,9-12,14H2,1H3. The molecule has 1 amide bonds. The van der Waals surface area contributed by atoms with Gasteiger partial charge in [0.2, 0.25) is 5.91 Å². The van der Waals surface area contributed by atoms with Crippen molar-refractivity contribution in [3.05, 3.63) is 59.9 Å². The van der Waals surface area contributed by atoms with Crippen LogP contribution in [-0.4, -0.2) is 42.0 Å². The zero-order valence-corrected chi connectivity index (χ0v) is 12.9. The third kappa shape index (κ3) is 3.45. The number of anilines is 1. The zero-order valence-electron chi connectivity index (χ0n) is 12.9. The summed E-state index contributed by atoms with van der Waals surface area (Å²) in [5.41, 5.74) is 3.55. The van der Waals surface area contributed by atoms with Crippen LogP contribution in [0.15, 0.2) is 48.8 Å². The second-order valence-electron chi connectivity index (χ2n) is 5.74. The molecule has 1 aromatic carbocycles. The second kappa shape index (κ2) is 6.60. The van der Waals surface area contributed by atoms with Crippen LogP contribution in [0.5, 0.6) is 0 Å². The second-order valence-corrected chi connectivity index (χ2v) is 5.74. The van der Waals surface area contributed by atoms with Crippen LogP contribution in [0.4, 0.5) is 5.69 Å². The summed E-state index contributed by atoms with van der Waals surface area (Å²) in [6.07, 6.45) is 3.93. The summed E-state index contributed by atoms with van der Waals surface area (Å²) in [4.78, 5) is 20.7. The van der Waals surface area contributed by atoms with Crippen LogP contribution in [0.1, 0.15) is 11.1 Å². The van der Waals surface area contributed by atoms with Gasteiger partial charge in [-0.15, -0.1) is 0 Å². The lowest BCUT2D eigenvalue weighted by Crippen LogP contribution is -2.49. The number of carbonyl (C=O) groups is 1. The van der Waals surface area contributed by atoms with Crippen LogP contribution in [0.2, 0.25) is 0 Å². The third-order valence-corrected chi connectivity index (χ3v) is 4.10. The van der Waals surface area contributed by atoms with E-state index in [1.165, 1.54) is 11.3 Å². The van der Waals surface area contributed by atoms with Crippen molar-refractivity contribution in [1.82, 2.24) is 9.88 Å². The Bertz CT molecular complexity index is 634. The van der Waals surface area contributed by atoms with Gasteiger partial charge in [-0.05, 0) is 42.3 Å². The highest BCUT2D eigenvalue weighted by Gasteiger charge is 2.21. The molecule has 4 nitrogen and oxygen atoms in total.